The van der Waals surface area contributed by atoms with Crippen LogP contribution >= 0.6 is 0 Å². The van der Waals surface area contributed by atoms with E-state index in [1.54, 1.807) is 6.07 Å². The van der Waals surface area contributed by atoms with Crippen molar-refractivity contribution in [2.45, 2.75) is 113 Å². The highest BCUT2D eigenvalue weighted by molar-refractivity contribution is 5.90. The zero-order valence-corrected chi connectivity index (χ0v) is 42.2. The van der Waals surface area contributed by atoms with Crippen molar-refractivity contribution in [1.82, 2.24) is 26.3 Å². The number of aliphatic hydroxyl groups is 3. The zero-order valence-electron chi connectivity index (χ0n) is 42.2. The number of aryl methyl sites for hydroxylation is 1. The highest BCUT2D eigenvalue weighted by atomic mass is 16.6. The molecule has 14 heteroatoms. The summed E-state index contributed by atoms with van der Waals surface area (Å²) in [5.41, 5.74) is 9.32. The second-order valence-electron chi connectivity index (χ2n) is 21.1. The Morgan fingerprint density at radius 1 is 0.986 bits per heavy atom. The first-order valence-corrected chi connectivity index (χ1v) is 25.8. The van der Waals surface area contributed by atoms with Crippen molar-refractivity contribution in [3.8, 4) is 51.7 Å². The average molecular weight is 982 g/mol. The number of H-pyrrole nitrogens is 1. The Hall–Kier alpha value is -5.60. The van der Waals surface area contributed by atoms with Gasteiger partial charge in [-0.1, -0.05) is 37.8 Å². The van der Waals surface area contributed by atoms with E-state index in [2.05, 4.69) is 82.3 Å². The van der Waals surface area contributed by atoms with Crippen LogP contribution in [0.15, 0.2) is 60.3 Å². The van der Waals surface area contributed by atoms with E-state index in [1.807, 2.05) is 45.4 Å². The SMILES string of the molecule is CNCO[C@]12Cc3c4c(c5c(c3O[C@@H]1c1cc(CCCO)c(O)c(c1)OCCC#C[C@@H]2NCNC[C@@](C)(O)CC(C)C)CC[C@H](CO)O5)-c1ccc(O)c2c1[C@@H](C4)[C@@H](c1ccc3[nH]ccc3c1)C(CNC)=C2. The fourth-order valence-electron chi connectivity index (χ4n) is 12.5. The van der Waals surface area contributed by atoms with Crippen LogP contribution in [0.3, 0.4) is 0 Å². The average Bonchev–Trinajstić information content (AvgIpc) is 3.84. The summed E-state index contributed by atoms with van der Waals surface area (Å²) in [6, 6.07) is 15.7. The van der Waals surface area contributed by atoms with Gasteiger partial charge in [0.1, 0.15) is 35.0 Å². The second-order valence-corrected chi connectivity index (χ2v) is 21.1. The normalized spacial score (nSPS) is 23.6. The van der Waals surface area contributed by atoms with Crippen LogP contribution in [0.2, 0.25) is 0 Å². The second kappa shape index (κ2) is 20.7. The first-order chi connectivity index (χ1) is 34.9. The molecule has 2 aliphatic carbocycles. The molecule has 7 atom stereocenters. The summed E-state index contributed by atoms with van der Waals surface area (Å²) in [6.07, 6.45) is 6.79. The molecular formula is C58H71N5O9. The van der Waals surface area contributed by atoms with Gasteiger partial charge in [0.05, 0.1) is 25.5 Å². The summed E-state index contributed by atoms with van der Waals surface area (Å²) < 4.78 is 28.3. The first kappa shape index (κ1) is 50.0. The number of aromatic hydroxyl groups is 2. The van der Waals surface area contributed by atoms with E-state index in [9.17, 15) is 25.5 Å². The number of aromatic amines is 1. The molecule has 5 aliphatic rings. The number of fused-ring (bicyclic) bond motifs is 12. The fraction of sp³-hybridized carbons (Fsp3) is 0.483. The monoisotopic (exact) mass is 982 g/mol. The largest absolute Gasteiger partial charge is 0.507 e. The maximum atomic E-state index is 11.8. The van der Waals surface area contributed by atoms with Gasteiger partial charge in [0, 0.05) is 79.1 Å². The molecule has 2 bridgehead atoms. The van der Waals surface area contributed by atoms with Crippen LogP contribution in [0.4, 0.5) is 0 Å². The summed E-state index contributed by atoms with van der Waals surface area (Å²) in [6.45, 7) is 7.50. The molecule has 0 spiro atoms. The van der Waals surface area contributed by atoms with Crippen molar-refractivity contribution in [1.29, 1.82) is 0 Å². The molecule has 382 valence electrons. The van der Waals surface area contributed by atoms with Crippen LogP contribution in [0, 0.1) is 17.8 Å². The quantitative estimate of drug-likeness (QED) is 0.0272. The van der Waals surface area contributed by atoms with Crippen molar-refractivity contribution in [2.75, 3.05) is 60.4 Å². The molecule has 1 aromatic heterocycles. The predicted molar refractivity (Wildman–Crippen MR) is 279 cm³/mol. The molecular weight excluding hydrogens is 911 g/mol. The van der Waals surface area contributed by atoms with Crippen molar-refractivity contribution >= 4 is 17.0 Å². The minimum Gasteiger partial charge on any atom is -0.507 e. The number of nitrogens with one attached hydrogen (secondary N) is 5. The van der Waals surface area contributed by atoms with E-state index < -0.39 is 29.5 Å². The predicted octanol–water partition coefficient (Wildman–Crippen LogP) is 6.59. The van der Waals surface area contributed by atoms with E-state index in [0.29, 0.717) is 99.9 Å². The summed E-state index contributed by atoms with van der Waals surface area (Å²) in [5, 5.41) is 70.6. The van der Waals surface area contributed by atoms with Gasteiger partial charge in [-0.2, -0.15) is 0 Å². The maximum absolute atomic E-state index is 11.8. The molecule has 0 amide bonds. The van der Waals surface area contributed by atoms with E-state index in [1.165, 1.54) is 11.1 Å². The number of likely N-dealkylation sites (N-methyl/N-ethyl adjacent to an activating group) is 1. The number of benzene rings is 4. The Balaban J connectivity index is 1.21. The number of phenols is 2. The number of hydrogen-bond donors (Lipinski definition) is 10. The van der Waals surface area contributed by atoms with Gasteiger partial charge in [-0.25, -0.2) is 0 Å². The summed E-state index contributed by atoms with van der Waals surface area (Å²) in [7, 11) is 3.81. The van der Waals surface area contributed by atoms with Gasteiger partial charge in [0.2, 0.25) is 0 Å². The van der Waals surface area contributed by atoms with Gasteiger partial charge in [-0.05, 0) is 158 Å². The lowest BCUT2D eigenvalue weighted by Gasteiger charge is -2.50. The minimum atomic E-state index is -1.24. The van der Waals surface area contributed by atoms with Crippen molar-refractivity contribution < 1.29 is 44.5 Å². The van der Waals surface area contributed by atoms with Crippen molar-refractivity contribution in [2.24, 2.45) is 5.92 Å². The molecule has 4 aromatic carbocycles. The van der Waals surface area contributed by atoms with Gasteiger partial charge in [-0.15, -0.1) is 0 Å². The lowest BCUT2D eigenvalue weighted by atomic mass is 9.62. The Bertz CT molecular complexity index is 2920. The molecule has 0 radical (unpaired) electrons. The van der Waals surface area contributed by atoms with Gasteiger partial charge < -0.3 is 60.1 Å². The third kappa shape index (κ3) is 9.24. The van der Waals surface area contributed by atoms with Crippen LogP contribution in [0.25, 0.3) is 28.1 Å². The third-order valence-electron chi connectivity index (χ3n) is 15.4. The summed E-state index contributed by atoms with van der Waals surface area (Å²) in [4.78, 5) is 3.37. The lowest BCUT2D eigenvalue weighted by molar-refractivity contribution is -0.141. The third-order valence-corrected chi connectivity index (χ3v) is 15.4. The van der Waals surface area contributed by atoms with Crippen LogP contribution < -0.4 is 35.5 Å². The number of ether oxygens (including phenoxy) is 4. The Kier molecular flexibility index (Phi) is 14.4. The van der Waals surface area contributed by atoms with E-state index in [4.69, 9.17) is 18.9 Å². The fourth-order valence-corrected chi connectivity index (χ4v) is 12.5. The standard InChI is InChI=1S/C58H71N5O9/c1-33(2)26-57(3,68)30-61-31-63-49-10-6-7-20-69-48-24-37(22-36(53(48)67)9-8-19-64)56-58(49,70-32-60-5)27-45-42-25-44-50(35-11-15-46-34(21-35)17-18-62-46)38(28-59-4)23-43-47(66)16-14-40(51(43)44)52(42)55-41(54(45)72-56)13-12-39(29-65)71-55/h11,14-18,21-24,33,39,44,49-50,56,59-68H,7-9,12-13,19-20,25-32H2,1-5H3/t39-,44+,49+,50+,56-,57+,58+/m1/s1. The summed E-state index contributed by atoms with van der Waals surface area (Å²) in [5.74, 6) is 9.09. The number of hydrogen-bond acceptors (Lipinski definition) is 13. The van der Waals surface area contributed by atoms with Crippen LogP contribution in [-0.2, 0) is 30.4 Å². The Labute approximate surface area is 422 Å². The maximum Gasteiger partial charge on any atom is 0.161 e. The van der Waals surface area contributed by atoms with Crippen LogP contribution in [-0.4, -0.2) is 114 Å². The molecule has 0 fully saturated rings. The van der Waals surface area contributed by atoms with E-state index in [0.717, 1.165) is 55.4 Å². The number of aromatic nitrogens is 1. The first-order valence-electron chi connectivity index (χ1n) is 25.8. The van der Waals surface area contributed by atoms with Crippen molar-refractivity contribution in [3.05, 3.63) is 105 Å². The Morgan fingerprint density at radius 3 is 2.64 bits per heavy atom. The van der Waals surface area contributed by atoms with E-state index in [-0.39, 0.29) is 49.9 Å². The summed E-state index contributed by atoms with van der Waals surface area (Å²) >= 11 is 0. The van der Waals surface area contributed by atoms with Crippen molar-refractivity contribution in [3.63, 3.8) is 0 Å². The van der Waals surface area contributed by atoms with E-state index >= 15 is 0 Å². The molecule has 3 aliphatic heterocycles. The van der Waals surface area contributed by atoms with Gasteiger partial charge >= 0.3 is 0 Å². The van der Waals surface area contributed by atoms with Crippen LogP contribution in [0.1, 0.15) is 109 Å². The molecule has 10 N–H and O–H groups in total. The topological polar surface area (TPSA) is 202 Å². The number of phenolic OH excluding ortho intramolecular Hbond substituents is 2. The van der Waals surface area contributed by atoms with Crippen LogP contribution in [0.5, 0.6) is 28.7 Å². The molecule has 4 heterocycles. The lowest BCUT2D eigenvalue weighted by Crippen LogP contribution is -2.62. The molecule has 72 heavy (non-hydrogen) atoms. The number of rotatable bonds is 17. The molecule has 5 aromatic rings. The zero-order chi connectivity index (χ0) is 50.3. The Morgan fingerprint density at radius 2 is 1.85 bits per heavy atom. The highest BCUT2D eigenvalue weighted by Gasteiger charge is 2.55. The van der Waals surface area contributed by atoms with Gasteiger partial charge in [0.15, 0.2) is 17.6 Å². The molecule has 0 saturated carbocycles. The smallest absolute Gasteiger partial charge is 0.161 e. The molecule has 14 nitrogen and oxygen atoms in total. The number of aliphatic hydroxyl groups excluding tert-OH is 2. The van der Waals surface area contributed by atoms with Gasteiger partial charge in [0.25, 0.3) is 0 Å². The van der Waals surface area contributed by atoms with Gasteiger partial charge in [-0.3, -0.25) is 10.6 Å². The molecule has 0 saturated heterocycles. The minimum absolute atomic E-state index is 0.0213. The highest BCUT2D eigenvalue weighted by Crippen LogP contribution is 2.62. The molecule has 10 rings (SSSR count). The molecule has 0 unspecified atom stereocenters.